The van der Waals surface area contributed by atoms with E-state index in [0.29, 0.717) is 12.1 Å². The monoisotopic (exact) mass is 637 g/mol. The maximum atomic E-state index is 14.0. The van der Waals surface area contributed by atoms with E-state index in [4.69, 9.17) is 18.0 Å². The van der Waals surface area contributed by atoms with E-state index in [0.717, 1.165) is 16.7 Å². The smallest absolute Gasteiger partial charge is 0.358 e. The molecule has 0 saturated carbocycles. The number of nitrogens with one attached hydrogen (secondary N) is 1. The van der Waals surface area contributed by atoms with Gasteiger partial charge in [-0.3, -0.25) is 4.79 Å². The van der Waals surface area contributed by atoms with E-state index in [2.05, 4.69) is 26.2 Å². The molecule has 2 heterocycles. The highest BCUT2D eigenvalue weighted by molar-refractivity contribution is 9.10. The Labute approximate surface area is 231 Å². The molecular formula is C24H19BrF7N5OS. The first-order valence-electron chi connectivity index (χ1n) is 11.3. The molecule has 4 rings (SSSR count). The lowest BCUT2D eigenvalue weighted by Crippen LogP contribution is -2.41. The predicted molar refractivity (Wildman–Crippen MR) is 135 cm³/mol. The fourth-order valence-electron chi connectivity index (χ4n) is 4.18. The average molecular weight is 638 g/mol. The summed E-state index contributed by atoms with van der Waals surface area (Å²) in [4.78, 5) is 18.3. The molecular weight excluding hydrogens is 619 g/mol. The molecule has 0 spiro atoms. The van der Waals surface area contributed by atoms with Crippen LogP contribution in [0.15, 0.2) is 34.8 Å². The summed E-state index contributed by atoms with van der Waals surface area (Å²) >= 11 is 8.51. The fraction of sp³-hybridized carbons (Fsp3) is 0.292. The molecule has 15 heteroatoms. The highest BCUT2D eigenvalue weighted by Gasteiger charge is 2.41. The Kier molecular flexibility index (Phi) is 8.33. The molecule has 1 amide bonds. The van der Waals surface area contributed by atoms with Crippen LogP contribution in [0.5, 0.6) is 0 Å². The average Bonchev–Trinajstić information content (AvgIpc) is 3.24. The van der Waals surface area contributed by atoms with Crippen molar-refractivity contribution < 1.29 is 35.5 Å². The van der Waals surface area contributed by atoms with Crippen LogP contribution in [0.2, 0.25) is 0 Å². The lowest BCUT2D eigenvalue weighted by atomic mass is 10.0. The molecule has 1 aliphatic rings. The van der Waals surface area contributed by atoms with E-state index in [1.54, 1.807) is 4.90 Å². The van der Waals surface area contributed by atoms with Crippen LogP contribution in [0.4, 0.5) is 36.4 Å². The van der Waals surface area contributed by atoms with Gasteiger partial charge in [-0.2, -0.15) is 13.2 Å². The van der Waals surface area contributed by atoms with E-state index in [-0.39, 0.29) is 58.9 Å². The van der Waals surface area contributed by atoms with Gasteiger partial charge in [-0.25, -0.2) is 22.5 Å². The molecule has 208 valence electrons. The number of hydrogen-bond donors (Lipinski definition) is 2. The quantitative estimate of drug-likeness (QED) is 0.210. The van der Waals surface area contributed by atoms with Gasteiger partial charge in [-0.05, 0) is 52.2 Å². The highest BCUT2D eigenvalue weighted by atomic mass is 79.9. The summed E-state index contributed by atoms with van der Waals surface area (Å²) < 4.78 is 96.3. The molecule has 6 nitrogen and oxygen atoms in total. The van der Waals surface area contributed by atoms with Gasteiger partial charge in [0.1, 0.15) is 11.6 Å². The van der Waals surface area contributed by atoms with Crippen molar-refractivity contribution in [2.45, 2.75) is 38.1 Å². The van der Waals surface area contributed by atoms with E-state index in [9.17, 15) is 35.5 Å². The van der Waals surface area contributed by atoms with Crippen molar-refractivity contribution in [1.82, 2.24) is 14.5 Å². The summed E-state index contributed by atoms with van der Waals surface area (Å²) in [7, 11) is 0. The third kappa shape index (κ3) is 6.41. The van der Waals surface area contributed by atoms with Crippen molar-refractivity contribution in [1.29, 1.82) is 0 Å². The van der Waals surface area contributed by atoms with Crippen LogP contribution >= 0.6 is 28.1 Å². The SMILES string of the molecule is N[C@H](CC(=S)N1CCn2c(C(F)(F)F)nc(C(=O)Nc3ccc(F)cc3Br)c2C1)Cc1cc(F)c(F)cc1F. The Morgan fingerprint density at radius 3 is 2.46 bits per heavy atom. The van der Waals surface area contributed by atoms with Gasteiger partial charge < -0.3 is 20.5 Å². The fourth-order valence-corrected chi connectivity index (χ4v) is 5.00. The lowest BCUT2D eigenvalue weighted by molar-refractivity contribution is -0.147. The van der Waals surface area contributed by atoms with Crippen molar-refractivity contribution in [3.8, 4) is 0 Å². The normalized spacial score (nSPS) is 14.2. The van der Waals surface area contributed by atoms with Crippen LogP contribution in [0.3, 0.4) is 0 Å². The van der Waals surface area contributed by atoms with Gasteiger partial charge in [0.2, 0.25) is 5.82 Å². The largest absolute Gasteiger partial charge is 0.449 e. The van der Waals surface area contributed by atoms with Gasteiger partial charge in [0, 0.05) is 36.1 Å². The van der Waals surface area contributed by atoms with Crippen LogP contribution in [0.25, 0.3) is 0 Å². The van der Waals surface area contributed by atoms with Gasteiger partial charge in [0.15, 0.2) is 17.3 Å². The van der Waals surface area contributed by atoms with Crippen molar-refractivity contribution in [2.75, 3.05) is 11.9 Å². The Morgan fingerprint density at radius 2 is 1.79 bits per heavy atom. The topological polar surface area (TPSA) is 76.2 Å². The number of amides is 1. The maximum absolute atomic E-state index is 14.0. The van der Waals surface area contributed by atoms with Gasteiger partial charge >= 0.3 is 6.18 Å². The number of rotatable bonds is 6. The molecule has 2 aromatic carbocycles. The summed E-state index contributed by atoms with van der Waals surface area (Å²) in [6.45, 7) is -0.360. The van der Waals surface area contributed by atoms with E-state index < -0.39 is 52.9 Å². The van der Waals surface area contributed by atoms with E-state index in [1.165, 1.54) is 6.07 Å². The summed E-state index contributed by atoms with van der Waals surface area (Å²) in [5, 5.41) is 2.43. The molecule has 0 unspecified atom stereocenters. The number of nitrogens with zero attached hydrogens (tertiary/aromatic N) is 3. The Hall–Kier alpha value is -3.04. The van der Waals surface area contributed by atoms with Gasteiger partial charge in [-0.15, -0.1) is 0 Å². The molecule has 1 aromatic heterocycles. The van der Waals surface area contributed by atoms with Crippen LogP contribution in [-0.2, 0) is 25.7 Å². The Balaban J connectivity index is 1.53. The molecule has 0 bridgehead atoms. The minimum atomic E-state index is -4.84. The second-order valence-electron chi connectivity index (χ2n) is 8.80. The Morgan fingerprint density at radius 1 is 1.10 bits per heavy atom. The van der Waals surface area contributed by atoms with Crippen LogP contribution in [0.1, 0.15) is 34.0 Å². The third-order valence-electron chi connectivity index (χ3n) is 6.02. The maximum Gasteiger partial charge on any atom is 0.449 e. The third-order valence-corrected chi connectivity index (χ3v) is 7.10. The zero-order valence-electron chi connectivity index (χ0n) is 19.8. The van der Waals surface area contributed by atoms with Crippen molar-refractivity contribution in [2.24, 2.45) is 5.73 Å². The molecule has 0 saturated heterocycles. The highest BCUT2D eigenvalue weighted by Crippen LogP contribution is 2.33. The number of halogens is 8. The first-order valence-corrected chi connectivity index (χ1v) is 12.5. The zero-order valence-corrected chi connectivity index (χ0v) is 22.2. The first kappa shape index (κ1) is 29.0. The van der Waals surface area contributed by atoms with Crippen LogP contribution in [-0.4, -0.2) is 37.9 Å². The molecule has 0 aliphatic carbocycles. The Bertz CT molecular complexity index is 1450. The standard InChI is InChI=1S/C24H19BrF7N5OS/c25-14-7-12(26)1-2-18(14)34-22(38)21-19-10-36(3-4-37(19)23(35-21)24(30,31)32)20(39)8-13(33)5-11-6-16(28)17(29)9-15(11)27/h1-2,6-7,9,13H,3-5,8,10,33H2,(H,34,38)/t13-/m0/s1. The van der Waals surface area contributed by atoms with Gasteiger partial charge in [0.05, 0.1) is 22.9 Å². The number of imidazole rings is 1. The molecule has 39 heavy (non-hydrogen) atoms. The second-order valence-corrected chi connectivity index (χ2v) is 10.1. The van der Waals surface area contributed by atoms with Crippen molar-refractivity contribution >= 4 is 44.7 Å². The number of carbonyl (C=O) groups is 1. The van der Waals surface area contributed by atoms with E-state index >= 15 is 0 Å². The molecule has 1 atom stereocenters. The number of aromatic nitrogens is 2. The second kappa shape index (κ2) is 11.2. The van der Waals surface area contributed by atoms with Gasteiger partial charge in [-0.1, -0.05) is 12.2 Å². The van der Waals surface area contributed by atoms with Crippen molar-refractivity contribution in [3.63, 3.8) is 0 Å². The van der Waals surface area contributed by atoms with Crippen LogP contribution in [0, 0.1) is 23.3 Å². The minimum absolute atomic E-state index is 0.0158. The lowest BCUT2D eigenvalue weighted by Gasteiger charge is -2.32. The molecule has 3 N–H and O–H groups in total. The number of alkyl halides is 3. The number of thiocarbonyl (C=S) groups is 1. The summed E-state index contributed by atoms with van der Waals surface area (Å²) in [6, 6.07) is 3.69. The first-order chi connectivity index (χ1) is 18.2. The number of hydrogen-bond acceptors (Lipinski definition) is 4. The predicted octanol–water partition coefficient (Wildman–Crippen LogP) is 5.58. The molecule has 0 fully saturated rings. The number of fused-ring (bicyclic) bond motifs is 1. The van der Waals surface area contributed by atoms with Crippen molar-refractivity contribution in [3.05, 3.63) is 80.8 Å². The summed E-state index contributed by atoms with van der Waals surface area (Å²) in [5.74, 6) is -6.33. The molecule has 3 aromatic rings. The van der Waals surface area contributed by atoms with E-state index in [1.807, 2.05) is 0 Å². The zero-order chi connectivity index (χ0) is 28.6. The number of carbonyl (C=O) groups excluding carboxylic acids is 1. The summed E-state index contributed by atoms with van der Waals surface area (Å²) in [6.07, 6.45) is -5.03. The number of nitrogens with two attached hydrogens (primary N) is 1. The molecule has 1 aliphatic heterocycles. The molecule has 0 radical (unpaired) electrons. The minimum Gasteiger partial charge on any atom is -0.358 e. The number of anilines is 1. The summed E-state index contributed by atoms with van der Waals surface area (Å²) in [5.41, 5.74) is 5.49. The number of benzene rings is 2. The van der Waals surface area contributed by atoms with Crippen LogP contribution < -0.4 is 11.1 Å². The van der Waals surface area contributed by atoms with Gasteiger partial charge in [0.25, 0.3) is 5.91 Å².